The number of nitrogens with one attached hydrogen (secondary N) is 2. The van der Waals surface area contributed by atoms with Gasteiger partial charge in [0.25, 0.3) is 0 Å². The SMILES string of the molecule is O=C(Cc1cccc(F)c1F)N[C@H]1CCNC1. The van der Waals surface area contributed by atoms with Crippen LogP contribution in [-0.2, 0) is 11.2 Å². The molecule has 92 valence electrons. The second kappa shape index (κ2) is 5.23. The Bertz CT molecular complexity index is 417. The molecular formula is C12H14F2N2O. The maximum absolute atomic E-state index is 13.3. The van der Waals surface area contributed by atoms with Crippen molar-refractivity contribution in [1.29, 1.82) is 0 Å². The molecule has 0 spiro atoms. The molecule has 0 radical (unpaired) electrons. The molecule has 0 aliphatic carbocycles. The number of carbonyl (C=O) groups is 1. The highest BCUT2D eigenvalue weighted by molar-refractivity contribution is 5.79. The Labute approximate surface area is 98.2 Å². The normalized spacial score (nSPS) is 19.3. The zero-order valence-corrected chi connectivity index (χ0v) is 9.30. The molecule has 0 bridgehead atoms. The lowest BCUT2D eigenvalue weighted by Gasteiger charge is -2.11. The van der Waals surface area contributed by atoms with E-state index in [1.54, 1.807) is 0 Å². The Hall–Kier alpha value is -1.49. The molecule has 1 amide bonds. The van der Waals surface area contributed by atoms with E-state index in [1.807, 2.05) is 0 Å². The van der Waals surface area contributed by atoms with Crippen LogP contribution in [0.1, 0.15) is 12.0 Å². The molecule has 1 aromatic carbocycles. The molecule has 3 nitrogen and oxygen atoms in total. The minimum Gasteiger partial charge on any atom is -0.352 e. The van der Waals surface area contributed by atoms with Crippen LogP contribution < -0.4 is 10.6 Å². The number of amides is 1. The van der Waals surface area contributed by atoms with Crippen LogP contribution in [0.3, 0.4) is 0 Å². The first-order chi connectivity index (χ1) is 8.16. The Morgan fingerprint density at radius 3 is 3.00 bits per heavy atom. The summed E-state index contributed by atoms with van der Waals surface area (Å²) in [7, 11) is 0. The van der Waals surface area contributed by atoms with E-state index in [0.29, 0.717) is 0 Å². The van der Waals surface area contributed by atoms with Gasteiger partial charge in [-0.25, -0.2) is 8.78 Å². The van der Waals surface area contributed by atoms with Crippen LogP contribution >= 0.6 is 0 Å². The summed E-state index contributed by atoms with van der Waals surface area (Å²) < 4.78 is 26.2. The second-order valence-electron chi connectivity index (χ2n) is 4.15. The van der Waals surface area contributed by atoms with Gasteiger partial charge in [-0.15, -0.1) is 0 Å². The molecule has 2 N–H and O–H groups in total. The predicted molar refractivity (Wildman–Crippen MR) is 59.5 cm³/mol. The van der Waals surface area contributed by atoms with Gasteiger partial charge in [0.15, 0.2) is 11.6 Å². The Kier molecular flexibility index (Phi) is 3.68. The number of hydrogen-bond acceptors (Lipinski definition) is 2. The summed E-state index contributed by atoms with van der Waals surface area (Å²) in [6, 6.07) is 3.96. The van der Waals surface area contributed by atoms with E-state index in [-0.39, 0.29) is 23.9 Å². The third-order valence-corrected chi connectivity index (χ3v) is 2.81. The van der Waals surface area contributed by atoms with E-state index in [9.17, 15) is 13.6 Å². The van der Waals surface area contributed by atoms with Crippen molar-refractivity contribution in [2.24, 2.45) is 0 Å². The van der Waals surface area contributed by atoms with Gasteiger partial charge < -0.3 is 10.6 Å². The monoisotopic (exact) mass is 240 g/mol. The largest absolute Gasteiger partial charge is 0.352 e. The Morgan fingerprint density at radius 1 is 1.47 bits per heavy atom. The molecule has 1 aliphatic heterocycles. The van der Waals surface area contributed by atoms with E-state index in [2.05, 4.69) is 10.6 Å². The fourth-order valence-electron chi connectivity index (χ4n) is 1.91. The van der Waals surface area contributed by atoms with Crippen molar-refractivity contribution >= 4 is 5.91 Å². The van der Waals surface area contributed by atoms with E-state index in [4.69, 9.17) is 0 Å². The quantitative estimate of drug-likeness (QED) is 0.827. The summed E-state index contributed by atoms with van der Waals surface area (Å²) in [5, 5.41) is 5.90. The third kappa shape index (κ3) is 3.00. The van der Waals surface area contributed by atoms with Crippen LogP contribution in [0.4, 0.5) is 8.78 Å². The van der Waals surface area contributed by atoms with E-state index in [0.717, 1.165) is 25.6 Å². The number of hydrogen-bond donors (Lipinski definition) is 2. The topological polar surface area (TPSA) is 41.1 Å². The van der Waals surface area contributed by atoms with Crippen molar-refractivity contribution < 1.29 is 13.6 Å². The maximum atomic E-state index is 13.3. The fraction of sp³-hybridized carbons (Fsp3) is 0.417. The highest BCUT2D eigenvalue weighted by Gasteiger charge is 2.18. The maximum Gasteiger partial charge on any atom is 0.224 e. The Balaban J connectivity index is 1.95. The number of halogens is 2. The highest BCUT2D eigenvalue weighted by atomic mass is 19.2. The van der Waals surface area contributed by atoms with Crippen LogP contribution in [0.15, 0.2) is 18.2 Å². The molecule has 2 rings (SSSR count). The lowest BCUT2D eigenvalue weighted by atomic mass is 10.1. The summed E-state index contributed by atoms with van der Waals surface area (Å²) in [6.07, 6.45) is 0.747. The highest BCUT2D eigenvalue weighted by Crippen LogP contribution is 2.12. The summed E-state index contributed by atoms with van der Waals surface area (Å²) in [6.45, 7) is 1.61. The van der Waals surface area contributed by atoms with Gasteiger partial charge in [0.1, 0.15) is 0 Å². The fourth-order valence-corrected chi connectivity index (χ4v) is 1.91. The molecule has 1 fully saturated rings. The zero-order chi connectivity index (χ0) is 12.3. The summed E-state index contributed by atoms with van der Waals surface area (Å²) >= 11 is 0. The number of carbonyl (C=O) groups excluding carboxylic acids is 1. The van der Waals surface area contributed by atoms with Gasteiger partial charge in [-0.05, 0) is 19.0 Å². The summed E-state index contributed by atoms with van der Waals surface area (Å²) in [5.74, 6) is -2.13. The average Bonchev–Trinajstić information content (AvgIpc) is 2.77. The first-order valence-electron chi connectivity index (χ1n) is 5.60. The molecule has 17 heavy (non-hydrogen) atoms. The van der Waals surface area contributed by atoms with Crippen molar-refractivity contribution in [2.75, 3.05) is 13.1 Å². The minimum atomic E-state index is -0.938. The number of benzene rings is 1. The van der Waals surface area contributed by atoms with Crippen molar-refractivity contribution in [1.82, 2.24) is 10.6 Å². The van der Waals surface area contributed by atoms with Gasteiger partial charge >= 0.3 is 0 Å². The molecule has 1 atom stereocenters. The minimum absolute atomic E-state index is 0.0912. The van der Waals surface area contributed by atoms with Crippen molar-refractivity contribution in [2.45, 2.75) is 18.9 Å². The lowest BCUT2D eigenvalue weighted by molar-refractivity contribution is -0.121. The van der Waals surface area contributed by atoms with E-state index in [1.165, 1.54) is 12.1 Å². The van der Waals surface area contributed by atoms with Gasteiger partial charge in [0, 0.05) is 18.2 Å². The first kappa shape index (κ1) is 12.0. The Morgan fingerprint density at radius 2 is 2.29 bits per heavy atom. The van der Waals surface area contributed by atoms with Crippen molar-refractivity contribution in [3.05, 3.63) is 35.4 Å². The summed E-state index contributed by atoms with van der Waals surface area (Å²) in [4.78, 5) is 11.6. The summed E-state index contributed by atoms with van der Waals surface area (Å²) in [5.41, 5.74) is 0.0912. The smallest absolute Gasteiger partial charge is 0.224 e. The molecule has 1 saturated heterocycles. The van der Waals surface area contributed by atoms with Gasteiger partial charge in [-0.3, -0.25) is 4.79 Å². The lowest BCUT2D eigenvalue weighted by Crippen LogP contribution is -2.37. The van der Waals surface area contributed by atoms with Crippen LogP contribution in [0.25, 0.3) is 0 Å². The standard InChI is InChI=1S/C12H14F2N2O/c13-10-3-1-2-8(12(10)14)6-11(17)16-9-4-5-15-7-9/h1-3,9,15H,4-7H2,(H,16,17)/t9-/m0/s1. The second-order valence-corrected chi connectivity index (χ2v) is 4.15. The van der Waals surface area contributed by atoms with Crippen LogP contribution in [0.5, 0.6) is 0 Å². The molecule has 5 heteroatoms. The predicted octanol–water partition coefficient (Wildman–Crippen LogP) is 0.985. The molecule has 1 aromatic rings. The van der Waals surface area contributed by atoms with Gasteiger partial charge in [0.2, 0.25) is 5.91 Å². The van der Waals surface area contributed by atoms with Gasteiger partial charge in [-0.1, -0.05) is 12.1 Å². The van der Waals surface area contributed by atoms with Crippen LogP contribution in [0, 0.1) is 11.6 Å². The molecule has 0 saturated carbocycles. The molecule has 0 unspecified atom stereocenters. The first-order valence-corrected chi connectivity index (χ1v) is 5.60. The molecular weight excluding hydrogens is 226 g/mol. The van der Waals surface area contributed by atoms with Crippen molar-refractivity contribution in [3.8, 4) is 0 Å². The number of rotatable bonds is 3. The van der Waals surface area contributed by atoms with Gasteiger partial charge in [-0.2, -0.15) is 0 Å². The average molecular weight is 240 g/mol. The van der Waals surface area contributed by atoms with Gasteiger partial charge in [0.05, 0.1) is 6.42 Å². The zero-order valence-electron chi connectivity index (χ0n) is 9.30. The van der Waals surface area contributed by atoms with E-state index >= 15 is 0 Å². The van der Waals surface area contributed by atoms with Crippen LogP contribution in [-0.4, -0.2) is 25.0 Å². The van der Waals surface area contributed by atoms with E-state index < -0.39 is 11.6 Å². The third-order valence-electron chi connectivity index (χ3n) is 2.81. The molecule has 0 aromatic heterocycles. The van der Waals surface area contributed by atoms with Crippen molar-refractivity contribution in [3.63, 3.8) is 0 Å². The van der Waals surface area contributed by atoms with Crippen LogP contribution in [0.2, 0.25) is 0 Å². The molecule has 1 heterocycles. The molecule has 1 aliphatic rings.